The van der Waals surface area contributed by atoms with E-state index in [1.165, 1.54) is 12.0 Å². The van der Waals surface area contributed by atoms with E-state index in [1.807, 2.05) is 19.1 Å². The van der Waals surface area contributed by atoms with Crippen LogP contribution in [0.2, 0.25) is 0 Å². The Morgan fingerprint density at radius 3 is 2.55 bits per heavy atom. The zero-order valence-electron chi connectivity index (χ0n) is 12.2. The highest BCUT2D eigenvalue weighted by molar-refractivity contribution is 5.80. The molecule has 108 valence electrons. The Balaban J connectivity index is 1.72. The molecule has 2 aliphatic rings. The summed E-state index contributed by atoms with van der Waals surface area (Å²) in [5.74, 6) is 1.59. The van der Waals surface area contributed by atoms with Crippen LogP contribution in [0.15, 0.2) is 24.3 Å². The molecule has 0 aromatic heterocycles. The van der Waals surface area contributed by atoms with E-state index in [2.05, 4.69) is 17.0 Å². The number of amides is 1. The molecule has 1 amide bonds. The molecule has 0 N–H and O–H groups in total. The Morgan fingerprint density at radius 2 is 1.95 bits per heavy atom. The van der Waals surface area contributed by atoms with Gasteiger partial charge < -0.3 is 9.64 Å². The van der Waals surface area contributed by atoms with Crippen LogP contribution < -0.4 is 4.74 Å². The van der Waals surface area contributed by atoms with Crippen molar-refractivity contribution in [2.24, 2.45) is 5.92 Å². The average molecular weight is 273 g/mol. The van der Waals surface area contributed by atoms with Crippen molar-refractivity contribution in [1.82, 2.24) is 4.90 Å². The van der Waals surface area contributed by atoms with Gasteiger partial charge in [0, 0.05) is 12.5 Å². The molecule has 1 unspecified atom stereocenters. The monoisotopic (exact) mass is 273 g/mol. The summed E-state index contributed by atoms with van der Waals surface area (Å²) in [5, 5.41) is 0. The van der Waals surface area contributed by atoms with Gasteiger partial charge in [-0.1, -0.05) is 18.6 Å². The van der Waals surface area contributed by atoms with Crippen molar-refractivity contribution < 1.29 is 9.53 Å². The molecule has 1 aromatic rings. The molecular weight excluding hydrogens is 250 g/mol. The van der Waals surface area contributed by atoms with Gasteiger partial charge in [-0.25, -0.2) is 0 Å². The van der Waals surface area contributed by atoms with Crippen LogP contribution in [0.1, 0.15) is 50.6 Å². The van der Waals surface area contributed by atoms with Crippen LogP contribution in [-0.4, -0.2) is 24.0 Å². The maximum absolute atomic E-state index is 12.5. The number of carbonyl (C=O) groups is 1. The number of carbonyl (C=O) groups excluding carboxylic acids is 1. The maximum Gasteiger partial charge on any atom is 0.226 e. The fourth-order valence-corrected chi connectivity index (χ4v) is 3.22. The lowest BCUT2D eigenvalue weighted by Gasteiger charge is -2.33. The first kappa shape index (κ1) is 13.5. The van der Waals surface area contributed by atoms with Gasteiger partial charge in [-0.05, 0) is 50.3 Å². The predicted octanol–water partition coefficient (Wildman–Crippen LogP) is 3.55. The number of benzene rings is 1. The summed E-state index contributed by atoms with van der Waals surface area (Å²) >= 11 is 0. The minimum Gasteiger partial charge on any atom is -0.494 e. The zero-order valence-corrected chi connectivity index (χ0v) is 12.2. The first-order chi connectivity index (χ1) is 9.79. The average Bonchev–Trinajstić information content (AvgIpc) is 2.87. The molecule has 1 aliphatic heterocycles. The molecule has 20 heavy (non-hydrogen) atoms. The second kappa shape index (κ2) is 5.86. The Morgan fingerprint density at radius 1 is 1.20 bits per heavy atom. The summed E-state index contributed by atoms with van der Waals surface area (Å²) in [6.45, 7) is 3.60. The summed E-state index contributed by atoms with van der Waals surface area (Å²) in [5.41, 5.74) is 1.25. The van der Waals surface area contributed by atoms with Crippen molar-refractivity contribution in [2.75, 3.05) is 13.2 Å². The van der Waals surface area contributed by atoms with Gasteiger partial charge in [0.1, 0.15) is 5.75 Å². The van der Waals surface area contributed by atoms with Gasteiger partial charge in [0.2, 0.25) is 5.91 Å². The summed E-state index contributed by atoms with van der Waals surface area (Å²) < 4.78 is 5.48. The molecule has 1 aliphatic carbocycles. The number of rotatable bonds is 4. The summed E-state index contributed by atoms with van der Waals surface area (Å²) in [6, 6.07) is 8.54. The number of hydrogen-bond donors (Lipinski definition) is 0. The number of nitrogens with zero attached hydrogens (tertiary/aromatic N) is 1. The minimum absolute atomic E-state index is 0.277. The Hall–Kier alpha value is -1.51. The number of hydrogen-bond acceptors (Lipinski definition) is 2. The Bertz CT molecular complexity index is 464. The summed E-state index contributed by atoms with van der Waals surface area (Å²) in [6.07, 6.45) is 5.61. The molecule has 2 fully saturated rings. The quantitative estimate of drug-likeness (QED) is 0.839. The Kier molecular flexibility index (Phi) is 3.95. The molecule has 1 aromatic carbocycles. The van der Waals surface area contributed by atoms with E-state index in [-0.39, 0.29) is 6.04 Å². The molecule has 1 heterocycles. The molecular formula is C17H23NO2. The van der Waals surface area contributed by atoms with Crippen LogP contribution in [0, 0.1) is 5.92 Å². The summed E-state index contributed by atoms with van der Waals surface area (Å²) in [4.78, 5) is 14.6. The summed E-state index contributed by atoms with van der Waals surface area (Å²) in [7, 11) is 0. The third-order valence-electron chi connectivity index (χ3n) is 4.57. The van der Waals surface area contributed by atoms with Gasteiger partial charge >= 0.3 is 0 Å². The molecule has 1 saturated heterocycles. The smallest absolute Gasteiger partial charge is 0.226 e. The normalized spacial score (nSPS) is 22.6. The topological polar surface area (TPSA) is 29.5 Å². The van der Waals surface area contributed by atoms with E-state index in [9.17, 15) is 4.79 Å². The molecule has 0 bridgehead atoms. The highest BCUT2D eigenvalue weighted by Gasteiger charge is 2.36. The molecule has 0 spiro atoms. The first-order valence-corrected chi connectivity index (χ1v) is 7.83. The fourth-order valence-electron chi connectivity index (χ4n) is 3.22. The van der Waals surface area contributed by atoms with E-state index in [4.69, 9.17) is 4.74 Å². The largest absolute Gasteiger partial charge is 0.494 e. The number of likely N-dealkylation sites (tertiary alicyclic amines) is 1. The highest BCUT2D eigenvalue weighted by atomic mass is 16.5. The van der Waals surface area contributed by atoms with Gasteiger partial charge in [0.05, 0.1) is 12.6 Å². The Labute approximate surface area is 120 Å². The third-order valence-corrected chi connectivity index (χ3v) is 4.57. The lowest BCUT2D eigenvalue weighted by molar-refractivity contribution is -0.139. The van der Waals surface area contributed by atoms with Crippen molar-refractivity contribution in [3.63, 3.8) is 0 Å². The van der Waals surface area contributed by atoms with Crippen molar-refractivity contribution in [3.05, 3.63) is 29.8 Å². The standard InChI is InChI=1S/C17H23NO2/c1-2-20-15-10-8-13(9-11-15)16-7-4-12-18(16)17(19)14-5-3-6-14/h8-11,14,16H,2-7,12H2,1H3. The van der Waals surface area contributed by atoms with E-state index in [1.54, 1.807) is 0 Å². The second-order valence-corrected chi connectivity index (χ2v) is 5.82. The highest BCUT2D eigenvalue weighted by Crippen LogP contribution is 2.37. The van der Waals surface area contributed by atoms with E-state index >= 15 is 0 Å². The molecule has 1 saturated carbocycles. The number of ether oxygens (including phenoxy) is 1. The maximum atomic E-state index is 12.5. The van der Waals surface area contributed by atoms with Crippen molar-refractivity contribution in [1.29, 1.82) is 0 Å². The van der Waals surface area contributed by atoms with Crippen LogP contribution in [0.25, 0.3) is 0 Å². The van der Waals surface area contributed by atoms with Gasteiger partial charge in [-0.3, -0.25) is 4.79 Å². The predicted molar refractivity (Wildman–Crippen MR) is 78.6 cm³/mol. The van der Waals surface area contributed by atoms with E-state index in [0.29, 0.717) is 18.4 Å². The van der Waals surface area contributed by atoms with E-state index in [0.717, 1.165) is 38.0 Å². The lowest BCUT2D eigenvalue weighted by atomic mass is 9.84. The molecule has 0 radical (unpaired) electrons. The van der Waals surface area contributed by atoms with Gasteiger partial charge in [0.15, 0.2) is 0 Å². The van der Waals surface area contributed by atoms with Gasteiger partial charge in [0.25, 0.3) is 0 Å². The van der Waals surface area contributed by atoms with Crippen molar-refractivity contribution in [2.45, 2.75) is 45.1 Å². The molecule has 3 nitrogen and oxygen atoms in total. The van der Waals surface area contributed by atoms with Crippen LogP contribution >= 0.6 is 0 Å². The van der Waals surface area contributed by atoms with E-state index < -0.39 is 0 Å². The molecule has 3 heteroatoms. The zero-order chi connectivity index (χ0) is 13.9. The van der Waals surface area contributed by atoms with Gasteiger partial charge in [-0.15, -0.1) is 0 Å². The minimum atomic E-state index is 0.277. The molecule has 3 rings (SSSR count). The second-order valence-electron chi connectivity index (χ2n) is 5.82. The fraction of sp³-hybridized carbons (Fsp3) is 0.588. The lowest BCUT2D eigenvalue weighted by Crippen LogP contribution is -2.38. The third kappa shape index (κ3) is 2.54. The SMILES string of the molecule is CCOc1ccc(C2CCCN2C(=O)C2CCC2)cc1. The van der Waals surface area contributed by atoms with Crippen LogP contribution in [0.4, 0.5) is 0 Å². The first-order valence-electron chi connectivity index (χ1n) is 7.83. The molecule has 1 atom stereocenters. The van der Waals surface area contributed by atoms with Crippen LogP contribution in [-0.2, 0) is 4.79 Å². The van der Waals surface area contributed by atoms with Crippen molar-refractivity contribution in [3.8, 4) is 5.75 Å². The van der Waals surface area contributed by atoms with Crippen molar-refractivity contribution >= 4 is 5.91 Å². The van der Waals surface area contributed by atoms with Crippen LogP contribution in [0.3, 0.4) is 0 Å². The van der Waals surface area contributed by atoms with Gasteiger partial charge in [-0.2, -0.15) is 0 Å². The van der Waals surface area contributed by atoms with Crippen LogP contribution in [0.5, 0.6) is 5.75 Å².